The highest BCUT2D eigenvalue weighted by atomic mass is 32.2. The Labute approximate surface area is 155 Å². The summed E-state index contributed by atoms with van der Waals surface area (Å²) in [7, 11) is -2.73. The standard InChI is InChI=1S/C19H14N2OS3/c22-25(15-9-3-1-4-10-15,16-11-5-2-6-12-16)21-24-19-20-17-13-7-8-14-18(17)23-19/h1-14H. The lowest BCUT2D eigenvalue weighted by Crippen LogP contribution is -2.00. The molecule has 4 aromatic rings. The Morgan fingerprint density at radius 2 is 1.36 bits per heavy atom. The van der Waals surface area contributed by atoms with Crippen molar-refractivity contribution < 1.29 is 4.21 Å². The zero-order valence-electron chi connectivity index (χ0n) is 13.1. The monoisotopic (exact) mass is 382 g/mol. The molecule has 0 spiro atoms. The third-order valence-electron chi connectivity index (χ3n) is 3.62. The van der Waals surface area contributed by atoms with Crippen molar-refractivity contribution >= 4 is 43.2 Å². The van der Waals surface area contributed by atoms with Crippen molar-refractivity contribution in [3.05, 3.63) is 84.9 Å². The molecule has 0 fully saturated rings. The van der Waals surface area contributed by atoms with Crippen LogP contribution in [0.5, 0.6) is 0 Å². The largest absolute Gasteiger partial charge is 0.239 e. The van der Waals surface area contributed by atoms with Gasteiger partial charge in [-0.1, -0.05) is 48.5 Å². The van der Waals surface area contributed by atoms with Crippen LogP contribution in [0.25, 0.3) is 10.2 Å². The van der Waals surface area contributed by atoms with Crippen LogP contribution in [0.3, 0.4) is 0 Å². The second-order valence-electron chi connectivity index (χ2n) is 5.27. The van der Waals surface area contributed by atoms with Crippen molar-refractivity contribution in [3.8, 4) is 0 Å². The Balaban J connectivity index is 1.80. The van der Waals surface area contributed by atoms with Gasteiger partial charge in [0.05, 0.1) is 32.0 Å². The summed E-state index contributed by atoms with van der Waals surface area (Å²) in [6.45, 7) is 0. The normalized spacial score (nSPS) is 11.5. The van der Waals surface area contributed by atoms with Crippen LogP contribution in [0, 0.1) is 0 Å². The Morgan fingerprint density at radius 3 is 1.96 bits per heavy atom. The summed E-state index contributed by atoms with van der Waals surface area (Å²) in [5.41, 5.74) is 0.941. The number of fused-ring (bicyclic) bond motifs is 1. The van der Waals surface area contributed by atoms with E-state index in [9.17, 15) is 4.21 Å². The van der Waals surface area contributed by atoms with Gasteiger partial charge in [-0.25, -0.2) is 9.19 Å². The molecule has 0 radical (unpaired) electrons. The molecule has 0 bridgehead atoms. The van der Waals surface area contributed by atoms with Crippen LogP contribution in [-0.4, -0.2) is 9.19 Å². The van der Waals surface area contributed by atoms with Gasteiger partial charge in [-0.05, 0) is 36.4 Å². The number of rotatable bonds is 4. The fourth-order valence-corrected chi connectivity index (χ4v) is 6.62. The van der Waals surface area contributed by atoms with Crippen molar-refractivity contribution in [2.75, 3.05) is 0 Å². The van der Waals surface area contributed by atoms with Crippen molar-refractivity contribution in [1.82, 2.24) is 4.98 Å². The van der Waals surface area contributed by atoms with Crippen LogP contribution in [0.4, 0.5) is 0 Å². The fourth-order valence-electron chi connectivity index (χ4n) is 2.41. The average molecular weight is 383 g/mol. The Bertz CT molecular complexity index is 1040. The molecule has 0 saturated carbocycles. The maximum absolute atomic E-state index is 13.8. The van der Waals surface area contributed by atoms with Gasteiger partial charge in [0.25, 0.3) is 0 Å². The second kappa shape index (κ2) is 7.00. The average Bonchev–Trinajstić information content (AvgIpc) is 3.10. The van der Waals surface area contributed by atoms with Crippen molar-refractivity contribution in [3.63, 3.8) is 0 Å². The first-order valence-electron chi connectivity index (χ1n) is 7.65. The molecule has 1 heterocycles. The molecule has 0 unspecified atom stereocenters. The summed E-state index contributed by atoms with van der Waals surface area (Å²) in [4.78, 5) is 5.97. The Kier molecular flexibility index (Phi) is 4.57. The molecule has 1 aromatic heterocycles. The number of hydrogen-bond donors (Lipinski definition) is 0. The fraction of sp³-hybridized carbons (Fsp3) is 0. The van der Waals surface area contributed by atoms with E-state index in [1.165, 1.54) is 11.9 Å². The van der Waals surface area contributed by atoms with Gasteiger partial charge in [-0.3, -0.25) is 0 Å². The van der Waals surface area contributed by atoms with Crippen molar-refractivity contribution in [1.29, 1.82) is 0 Å². The number of thiazole rings is 1. The molecule has 0 amide bonds. The van der Waals surface area contributed by atoms with E-state index in [1.54, 1.807) is 11.3 Å². The highest BCUT2D eigenvalue weighted by Gasteiger charge is 2.16. The van der Waals surface area contributed by atoms with E-state index < -0.39 is 9.73 Å². The minimum Gasteiger partial charge on any atom is -0.239 e. The van der Waals surface area contributed by atoms with Gasteiger partial charge >= 0.3 is 0 Å². The van der Waals surface area contributed by atoms with E-state index in [2.05, 4.69) is 8.75 Å². The van der Waals surface area contributed by atoms with Gasteiger partial charge in [-0.2, -0.15) is 0 Å². The zero-order chi connectivity index (χ0) is 17.1. The van der Waals surface area contributed by atoms with Gasteiger partial charge in [0.2, 0.25) is 0 Å². The first-order valence-corrected chi connectivity index (χ1v) is 10.8. The summed E-state index contributed by atoms with van der Waals surface area (Å²) in [6.07, 6.45) is 0. The molecule has 0 aliphatic rings. The molecule has 4 rings (SSSR count). The van der Waals surface area contributed by atoms with Crippen molar-refractivity contribution in [2.24, 2.45) is 3.77 Å². The molecule has 25 heavy (non-hydrogen) atoms. The minimum absolute atomic E-state index is 0.704. The molecule has 0 saturated heterocycles. The van der Waals surface area contributed by atoms with E-state index in [0.29, 0.717) is 9.79 Å². The van der Waals surface area contributed by atoms with Crippen molar-refractivity contribution in [2.45, 2.75) is 14.1 Å². The molecule has 0 N–H and O–H groups in total. The number of hydrogen-bond acceptors (Lipinski definition) is 5. The van der Waals surface area contributed by atoms with Gasteiger partial charge < -0.3 is 0 Å². The molecule has 124 valence electrons. The van der Waals surface area contributed by atoms with Crippen LogP contribution in [0.1, 0.15) is 0 Å². The predicted octanol–water partition coefficient (Wildman–Crippen LogP) is 5.89. The molecule has 0 atom stereocenters. The van der Waals surface area contributed by atoms with E-state index in [-0.39, 0.29) is 0 Å². The maximum Gasteiger partial charge on any atom is 0.174 e. The van der Waals surface area contributed by atoms with Crippen LogP contribution in [-0.2, 0) is 9.73 Å². The summed E-state index contributed by atoms with van der Waals surface area (Å²) in [5, 5.41) is 0. The quantitative estimate of drug-likeness (QED) is 0.413. The molecule has 0 aliphatic carbocycles. The zero-order valence-corrected chi connectivity index (χ0v) is 15.6. The SMILES string of the molecule is O=S(=NSc1nc2ccccc2s1)(c1ccccc1)c1ccccc1. The highest BCUT2D eigenvalue weighted by Crippen LogP contribution is 2.34. The van der Waals surface area contributed by atoms with Gasteiger partial charge in [-0.15, -0.1) is 15.1 Å². The highest BCUT2D eigenvalue weighted by molar-refractivity contribution is 8.08. The van der Waals surface area contributed by atoms with Gasteiger partial charge in [0, 0.05) is 0 Å². The van der Waals surface area contributed by atoms with Gasteiger partial charge in [0.15, 0.2) is 4.34 Å². The molecular formula is C19H14N2OS3. The van der Waals surface area contributed by atoms with Crippen LogP contribution < -0.4 is 0 Å². The Morgan fingerprint density at radius 1 is 0.800 bits per heavy atom. The summed E-state index contributed by atoms with van der Waals surface area (Å²) in [5.74, 6) is 0. The third-order valence-corrected chi connectivity index (χ3v) is 8.13. The number of para-hydroxylation sites is 1. The number of aromatic nitrogens is 1. The van der Waals surface area contributed by atoms with Crippen LogP contribution in [0.15, 0.2) is 103 Å². The molecule has 3 aromatic carbocycles. The minimum atomic E-state index is -2.73. The summed E-state index contributed by atoms with van der Waals surface area (Å²) in [6, 6.07) is 26.8. The van der Waals surface area contributed by atoms with Crippen LogP contribution >= 0.6 is 23.3 Å². The van der Waals surface area contributed by atoms with E-state index in [1.807, 2.05) is 84.9 Å². The number of benzene rings is 3. The maximum atomic E-state index is 13.8. The molecule has 0 aliphatic heterocycles. The predicted molar refractivity (Wildman–Crippen MR) is 105 cm³/mol. The summed E-state index contributed by atoms with van der Waals surface area (Å²) >= 11 is 2.76. The first kappa shape index (κ1) is 16.3. The Hall–Kier alpha value is -2.15. The molecule has 3 nitrogen and oxygen atoms in total. The molecule has 6 heteroatoms. The second-order valence-corrected chi connectivity index (χ2v) is 9.71. The van der Waals surface area contributed by atoms with E-state index in [0.717, 1.165) is 14.6 Å². The summed E-state index contributed by atoms with van der Waals surface area (Å²) < 4.78 is 20.2. The molecular weight excluding hydrogens is 368 g/mol. The lowest BCUT2D eigenvalue weighted by atomic mass is 10.3. The topological polar surface area (TPSA) is 42.3 Å². The third kappa shape index (κ3) is 3.33. The lowest BCUT2D eigenvalue weighted by Gasteiger charge is -2.09. The first-order chi connectivity index (χ1) is 12.3. The lowest BCUT2D eigenvalue weighted by molar-refractivity contribution is 0.677. The van der Waals surface area contributed by atoms with E-state index >= 15 is 0 Å². The van der Waals surface area contributed by atoms with E-state index in [4.69, 9.17) is 0 Å². The number of nitrogens with zero attached hydrogens (tertiary/aromatic N) is 2. The smallest absolute Gasteiger partial charge is 0.174 e. The van der Waals surface area contributed by atoms with Gasteiger partial charge in [0.1, 0.15) is 9.73 Å². The van der Waals surface area contributed by atoms with Crippen LogP contribution in [0.2, 0.25) is 0 Å².